The van der Waals surface area contributed by atoms with Gasteiger partial charge in [-0.3, -0.25) is 0 Å². The zero-order valence-corrected chi connectivity index (χ0v) is 11.3. The van der Waals surface area contributed by atoms with Crippen LogP contribution in [-0.4, -0.2) is 25.8 Å². The minimum absolute atomic E-state index is 0.650. The summed E-state index contributed by atoms with van der Waals surface area (Å²) in [4.78, 5) is 1.89. The van der Waals surface area contributed by atoms with Crippen LogP contribution in [0.4, 0.5) is 5.69 Å². The van der Waals surface area contributed by atoms with Gasteiger partial charge in [-0.05, 0) is 31.3 Å². The van der Waals surface area contributed by atoms with Crippen molar-refractivity contribution in [1.82, 2.24) is 5.32 Å². The highest BCUT2D eigenvalue weighted by Gasteiger charge is 2.10. The fraction of sp³-hybridized carbons (Fsp3) is 0.308. The minimum Gasteiger partial charge on any atom is -0.495 e. The molecule has 1 aromatic carbocycles. The molecule has 1 rings (SSSR count). The molecule has 0 atom stereocenters. The fourth-order valence-electron chi connectivity index (χ4n) is 1.36. The Morgan fingerprint density at radius 1 is 1.47 bits per heavy atom. The van der Waals surface area contributed by atoms with Crippen LogP contribution in [0.3, 0.4) is 0 Å². The number of thiocarbonyl (C=S) groups is 1. The molecular formula is C13H18N2OS. The third-order valence-corrected chi connectivity index (χ3v) is 2.71. The molecule has 0 heterocycles. The molecule has 4 heteroatoms. The molecular weight excluding hydrogens is 232 g/mol. The van der Waals surface area contributed by atoms with Gasteiger partial charge in [-0.15, -0.1) is 0 Å². The first-order chi connectivity index (χ1) is 8.06. The second-order valence-electron chi connectivity index (χ2n) is 3.85. The normalized spacial score (nSPS) is 9.59. The molecule has 1 aromatic rings. The lowest BCUT2D eigenvalue weighted by Gasteiger charge is -2.23. The summed E-state index contributed by atoms with van der Waals surface area (Å²) >= 11 is 5.30. The van der Waals surface area contributed by atoms with E-state index >= 15 is 0 Å². The van der Waals surface area contributed by atoms with Crippen LogP contribution in [-0.2, 0) is 0 Å². The molecule has 0 fully saturated rings. The Labute approximate surface area is 108 Å². The van der Waals surface area contributed by atoms with Crippen molar-refractivity contribution in [1.29, 1.82) is 0 Å². The number of rotatable bonds is 4. The molecule has 92 valence electrons. The number of benzene rings is 1. The summed E-state index contributed by atoms with van der Waals surface area (Å²) in [5.41, 5.74) is 1.98. The third kappa shape index (κ3) is 3.75. The van der Waals surface area contributed by atoms with E-state index in [0.29, 0.717) is 11.7 Å². The van der Waals surface area contributed by atoms with Crippen molar-refractivity contribution >= 4 is 23.0 Å². The van der Waals surface area contributed by atoms with Crippen molar-refractivity contribution in [2.75, 3.05) is 25.6 Å². The Balaban J connectivity index is 2.77. The average molecular weight is 250 g/mol. The monoisotopic (exact) mass is 250 g/mol. The van der Waals surface area contributed by atoms with Crippen LogP contribution in [0.25, 0.3) is 0 Å². The lowest BCUT2D eigenvalue weighted by Crippen LogP contribution is -2.37. The zero-order valence-electron chi connectivity index (χ0n) is 10.5. The summed E-state index contributed by atoms with van der Waals surface area (Å²) in [5.74, 6) is 0.800. The number of hydrogen-bond donors (Lipinski definition) is 1. The first kappa shape index (κ1) is 13.5. The molecule has 0 spiro atoms. The average Bonchev–Trinajstić information content (AvgIpc) is 2.34. The number of nitrogens with zero attached hydrogens (tertiary/aromatic N) is 1. The second-order valence-corrected chi connectivity index (χ2v) is 4.23. The van der Waals surface area contributed by atoms with Crippen molar-refractivity contribution in [3.05, 3.63) is 36.4 Å². The molecule has 0 amide bonds. The van der Waals surface area contributed by atoms with Crippen molar-refractivity contribution in [2.24, 2.45) is 0 Å². The number of methoxy groups -OCH3 is 1. The number of nitrogens with one attached hydrogen (secondary N) is 1. The van der Waals surface area contributed by atoms with Gasteiger partial charge in [0.05, 0.1) is 12.8 Å². The predicted molar refractivity (Wildman–Crippen MR) is 76.8 cm³/mol. The molecule has 0 aliphatic rings. The Morgan fingerprint density at radius 3 is 2.71 bits per heavy atom. The third-order valence-electron chi connectivity index (χ3n) is 2.29. The van der Waals surface area contributed by atoms with Crippen LogP contribution >= 0.6 is 12.2 Å². The van der Waals surface area contributed by atoms with Crippen LogP contribution in [0.5, 0.6) is 5.75 Å². The fourth-order valence-corrected chi connectivity index (χ4v) is 1.53. The maximum Gasteiger partial charge on any atom is 0.173 e. The van der Waals surface area contributed by atoms with E-state index in [0.717, 1.165) is 17.0 Å². The summed E-state index contributed by atoms with van der Waals surface area (Å²) < 4.78 is 5.30. The van der Waals surface area contributed by atoms with Gasteiger partial charge in [0.2, 0.25) is 0 Å². The van der Waals surface area contributed by atoms with Gasteiger partial charge in [0.15, 0.2) is 5.11 Å². The highest BCUT2D eigenvalue weighted by atomic mass is 32.1. The van der Waals surface area contributed by atoms with Gasteiger partial charge in [-0.1, -0.05) is 24.3 Å². The van der Waals surface area contributed by atoms with Crippen LogP contribution in [0.1, 0.15) is 6.92 Å². The van der Waals surface area contributed by atoms with E-state index in [1.807, 2.05) is 43.1 Å². The maximum absolute atomic E-state index is 5.30. The van der Waals surface area contributed by atoms with E-state index in [1.54, 1.807) is 7.11 Å². The van der Waals surface area contributed by atoms with Crippen LogP contribution in [0.2, 0.25) is 0 Å². The van der Waals surface area contributed by atoms with Crippen LogP contribution < -0.4 is 15.0 Å². The smallest absolute Gasteiger partial charge is 0.173 e. The summed E-state index contributed by atoms with van der Waals surface area (Å²) in [6, 6.07) is 7.76. The van der Waals surface area contributed by atoms with E-state index < -0.39 is 0 Å². The molecule has 0 radical (unpaired) electrons. The standard InChI is InChI=1S/C13H18N2OS/c1-10(2)9-14-13(17)15(3)11-7-5-6-8-12(11)16-4/h5-8H,1,9H2,2-4H3,(H,14,17). The zero-order chi connectivity index (χ0) is 12.8. The minimum atomic E-state index is 0.650. The van der Waals surface area contributed by atoms with E-state index in [2.05, 4.69) is 11.9 Å². The van der Waals surface area contributed by atoms with E-state index in [9.17, 15) is 0 Å². The quantitative estimate of drug-likeness (QED) is 0.656. The molecule has 0 aromatic heterocycles. The molecule has 1 N–H and O–H groups in total. The highest BCUT2D eigenvalue weighted by Crippen LogP contribution is 2.26. The summed E-state index contributed by atoms with van der Waals surface area (Å²) in [6.45, 7) is 6.46. The Kier molecular flexibility index (Phi) is 4.97. The molecule has 0 bridgehead atoms. The van der Waals surface area contributed by atoms with Crippen molar-refractivity contribution in [3.63, 3.8) is 0 Å². The molecule has 0 aliphatic carbocycles. The number of para-hydroxylation sites is 2. The summed E-state index contributed by atoms with van der Waals surface area (Å²) in [6.07, 6.45) is 0. The van der Waals surface area contributed by atoms with Crippen molar-refractivity contribution < 1.29 is 4.74 Å². The lowest BCUT2D eigenvalue weighted by molar-refractivity contribution is 0.416. The molecule has 17 heavy (non-hydrogen) atoms. The first-order valence-electron chi connectivity index (χ1n) is 5.35. The maximum atomic E-state index is 5.30. The number of ether oxygens (including phenoxy) is 1. The van der Waals surface area contributed by atoms with E-state index in [4.69, 9.17) is 17.0 Å². The SMILES string of the molecule is C=C(C)CNC(=S)N(C)c1ccccc1OC. The van der Waals surface area contributed by atoms with Gasteiger partial charge in [0.1, 0.15) is 5.75 Å². The Hall–Kier alpha value is -1.55. The van der Waals surface area contributed by atoms with E-state index in [1.165, 1.54) is 0 Å². The van der Waals surface area contributed by atoms with Gasteiger partial charge in [-0.25, -0.2) is 0 Å². The molecule has 0 unspecified atom stereocenters. The topological polar surface area (TPSA) is 24.5 Å². The van der Waals surface area contributed by atoms with Gasteiger partial charge in [-0.2, -0.15) is 0 Å². The molecule has 3 nitrogen and oxygen atoms in total. The summed E-state index contributed by atoms with van der Waals surface area (Å²) in [5, 5.41) is 3.78. The Morgan fingerprint density at radius 2 is 2.12 bits per heavy atom. The molecule has 0 aliphatic heterocycles. The predicted octanol–water partition coefficient (Wildman–Crippen LogP) is 2.58. The molecule has 0 saturated heterocycles. The second kappa shape index (κ2) is 6.25. The van der Waals surface area contributed by atoms with Crippen LogP contribution in [0, 0.1) is 0 Å². The largest absolute Gasteiger partial charge is 0.495 e. The van der Waals surface area contributed by atoms with Gasteiger partial charge < -0.3 is 15.0 Å². The summed E-state index contributed by atoms with van der Waals surface area (Å²) in [7, 11) is 3.56. The highest BCUT2D eigenvalue weighted by molar-refractivity contribution is 7.80. The van der Waals surface area contributed by atoms with E-state index in [-0.39, 0.29) is 0 Å². The number of anilines is 1. The van der Waals surface area contributed by atoms with Gasteiger partial charge in [0, 0.05) is 13.6 Å². The number of hydrogen-bond acceptors (Lipinski definition) is 2. The Bertz CT molecular complexity index is 418. The van der Waals surface area contributed by atoms with Gasteiger partial charge >= 0.3 is 0 Å². The van der Waals surface area contributed by atoms with Gasteiger partial charge in [0.25, 0.3) is 0 Å². The van der Waals surface area contributed by atoms with Crippen molar-refractivity contribution in [3.8, 4) is 5.75 Å². The first-order valence-corrected chi connectivity index (χ1v) is 5.76. The lowest BCUT2D eigenvalue weighted by atomic mass is 10.3. The van der Waals surface area contributed by atoms with Crippen LogP contribution in [0.15, 0.2) is 36.4 Å². The van der Waals surface area contributed by atoms with Crippen molar-refractivity contribution in [2.45, 2.75) is 6.92 Å². The molecule has 0 saturated carbocycles.